The number of aliphatic carboxylic acids is 1. The second kappa shape index (κ2) is 4.20. The van der Waals surface area contributed by atoms with Crippen molar-refractivity contribution in [3.05, 3.63) is 24.3 Å². The lowest BCUT2D eigenvalue weighted by Crippen LogP contribution is -2.18. The van der Waals surface area contributed by atoms with Gasteiger partial charge in [-0.1, -0.05) is 12.1 Å². The summed E-state index contributed by atoms with van der Waals surface area (Å²) in [6.45, 7) is 1.48. The predicted octanol–water partition coefficient (Wildman–Crippen LogP) is 0.568. The Bertz CT molecular complexity index is 551. The zero-order valence-electron chi connectivity index (χ0n) is 9.11. The van der Waals surface area contributed by atoms with Crippen molar-refractivity contribution in [1.82, 2.24) is 20.2 Å². The van der Waals surface area contributed by atoms with Crippen molar-refractivity contribution in [3.8, 4) is 11.4 Å². The van der Waals surface area contributed by atoms with Crippen LogP contribution in [0.25, 0.3) is 11.4 Å². The van der Waals surface area contributed by atoms with E-state index in [4.69, 9.17) is 10.8 Å². The van der Waals surface area contributed by atoms with Gasteiger partial charge in [0.15, 0.2) is 6.04 Å². The molecule has 0 amide bonds. The highest BCUT2D eigenvalue weighted by Gasteiger charge is 2.17. The number of nitrogens with zero attached hydrogens (tertiary/aromatic N) is 4. The third kappa shape index (κ3) is 2.22. The van der Waals surface area contributed by atoms with Gasteiger partial charge in [0.1, 0.15) is 0 Å². The number of nitrogen functional groups attached to an aromatic ring is 1. The van der Waals surface area contributed by atoms with Crippen LogP contribution in [-0.2, 0) is 4.79 Å². The average Bonchev–Trinajstić information content (AvgIpc) is 2.77. The standard InChI is InChI=1S/C10H11N5O2/c1-6(10(16)17)15-13-9(12-14-15)7-3-2-4-8(11)5-7/h2-6H,11H2,1H3,(H,16,17). The van der Waals surface area contributed by atoms with Crippen molar-refractivity contribution in [2.24, 2.45) is 0 Å². The summed E-state index contributed by atoms with van der Waals surface area (Å²) in [6.07, 6.45) is 0. The van der Waals surface area contributed by atoms with Crippen LogP contribution in [0.15, 0.2) is 24.3 Å². The van der Waals surface area contributed by atoms with Gasteiger partial charge in [-0.3, -0.25) is 0 Å². The molecule has 1 heterocycles. The van der Waals surface area contributed by atoms with E-state index in [1.807, 2.05) is 0 Å². The number of hydrogen-bond donors (Lipinski definition) is 2. The second-order valence-corrected chi connectivity index (χ2v) is 3.57. The van der Waals surface area contributed by atoms with Gasteiger partial charge < -0.3 is 10.8 Å². The first-order chi connectivity index (χ1) is 8.08. The molecular weight excluding hydrogens is 222 g/mol. The van der Waals surface area contributed by atoms with E-state index in [-0.39, 0.29) is 0 Å². The van der Waals surface area contributed by atoms with Gasteiger partial charge in [-0.15, -0.1) is 15.0 Å². The lowest BCUT2D eigenvalue weighted by atomic mass is 10.2. The van der Waals surface area contributed by atoms with Gasteiger partial charge in [0, 0.05) is 11.3 Å². The number of aromatic nitrogens is 4. The average molecular weight is 233 g/mol. The van der Waals surface area contributed by atoms with Crippen molar-refractivity contribution in [1.29, 1.82) is 0 Å². The van der Waals surface area contributed by atoms with Crippen LogP contribution in [0.1, 0.15) is 13.0 Å². The zero-order valence-corrected chi connectivity index (χ0v) is 9.11. The first-order valence-corrected chi connectivity index (χ1v) is 4.96. The second-order valence-electron chi connectivity index (χ2n) is 3.57. The Balaban J connectivity index is 2.33. The Morgan fingerprint density at radius 1 is 1.53 bits per heavy atom. The van der Waals surface area contributed by atoms with E-state index in [2.05, 4.69) is 15.4 Å². The fourth-order valence-corrected chi connectivity index (χ4v) is 1.28. The highest BCUT2D eigenvalue weighted by atomic mass is 16.4. The van der Waals surface area contributed by atoms with Crippen molar-refractivity contribution in [2.75, 3.05) is 5.73 Å². The van der Waals surface area contributed by atoms with Gasteiger partial charge in [-0.25, -0.2) is 4.79 Å². The smallest absolute Gasteiger partial charge is 0.330 e. The van der Waals surface area contributed by atoms with E-state index in [1.54, 1.807) is 24.3 Å². The maximum Gasteiger partial charge on any atom is 0.330 e. The van der Waals surface area contributed by atoms with E-state index < -0.39 is 12.0 Å². The van der Waals surface area contributed by atoms with Crippen molar-refractivity contribution in [2.45, 2.75) is 13.0 Å². The molecule has 0 saturated heterocycles. The molecule has 0 aliphatic heterocycles. The molecule has 0 radical (unpaired) electrons. The van der Waals surface area contributed by atoms with Gasteiger partial charge in [0.2, 0.25) is 5.82 Å². The van der Waals surface area contributed by atoms with E-state index in [0.29, 0.717) is 17.1 Å². The summed E-state index contributed by atoms with van der Waals surface area (Å²) < 4.78 is 0. The number of nitrogens with two attached hydrogens (primary N) is 1. The molecule has 0 aliphatic rings. The highest BCUT2D eigenvalue weighted by Crippen LogP contribution is 2.17. The molecule has 88 valence electrons. The molecule has 7 heteroatoms. The molecule has 0 spiro atoms. The van der Waals surface area contributed by atoms with Crippen LogP contribution in [0.2, 0.25) is 0 Å². The monoisotopic (exact) mass is 233 g/mol. The highest BCUT2D eigenvalue weighted by molar-refractivity contribution is 5.71. The summed E-state index contributed by atoms with van der Waals surface area (Å²) in [5, 5.41) is 20.3. The minimum atomic E-state index is -1.01. The molecule has 0 saturated carbocycles. The number of benzene rings is 1. The Hall–Kier alpha value is -2.44. The minimum Gasteiger partial charge on any atom is -0.480 e. The van der Waals surface area contributed by atoms with Crippen molar-refractivity contribution in [3.63, 3.8) is 0 Å². The molecule has 1 unspecified atom stereocenters. The van der Waals surface area contributed by atoms with Gasteiger partial charge >= 0.3 is 5.97 Å². The topological polar surface area (TPSA) is 107 Å². The van der Waals surface area contributed by atoms with Gasteiger partial charge in [-0.2, -0.15) is 0 Å². The summed E-state index contributed by atoms with van der Waals surface area (Å²) in [4.78, 5) is 11.8. The maximum absolute atomic E-state index is 10.8. The predicted molar refractivity (Wildman–Crippen MR) is 60.0 cm³/mol. The minimum absolute atomic E-state index is 0.352. The summed E-state index contributed by atoms with van der Waals surface area (Å²) in [7, 11) is 0. The van der Waals surface area contributed by atoms with E-state index in [9.17, 15) is 4.79 Å². The fraction of sp³-hybridized carbons (Fsp3) is 0.200. The lowest BCUT2D eigenvalue weighted by molar-refractivity contribution is -0.141. The molecule has 1 aromatic heterocycles. The van der Waals surface area contributed by atoms with Gasteiger partial charge in [0.25, 0.3) is 0 Å². The molecule has 0 bridgehead atoms. The largest absolute Gasteiger partial charge is 0.480 e. The molecule has 2 aromatic rings. The molecule has 1 atom stereocenters. The van der Waals surface area contributed by atoms with Crippen LogP contribution in [0.3, 0.4) is 0 Å². The van der Waals surface area contributed by atoms with Crippen LogP contribution in [0.4, 0.5) is 5.69 Å². The third-order valence-corrected chi connectivity index (χ3v) is 2.28. The number of hydrogen-bond acceptors (Lipinski definition) is 5. The van der Waals surface area contributed by atoms with E-state index in [1.165, 1.54) is 6.92 Å². The molecule has 2 rings (SSSR count). The maximum atomic E-state index is 10.8. The van der Waals surface area contributed by atoms with E-state index in [0.717, 1.165) is 4.80 Å². The number of anilines is 1. The first-order valence-electron chi connectivity index (χ1n) is 4.96. The molecular formula is C10H11N5O2. The zero-order chi connectivity index (χ0) is 12.4. The van der Waals surface area contributed by atoms with Crippen molar-refractivity contribution < 1.29 is 9.90 Å². The van der Waals surface area contributed by atoms with Crippen LogP contribution >= 0.6 is 0 Å². The van der Waals surface area contributed by atoms with Crippen LogP contribution in [-0.4, -0.2) is 31.3 Å². The van der Waals surface area contributed by atoms with Gasteiger partial charge in [0.05, 0.1) is 0 Å². The number of carbonyl (C=O) groups is 1. The lowest BCUT2D eigenvalue weighted by Gasteiger charge is -2.01. The van der Waals surface area contributed by atoms with Crippen molar-refractivity contribution >= 4 is 11.7 Å². The number of rotatable bonds is 3. The van der Waals surface area contributed by atoms with Crippen LogP contribution in [0.5, 0.6) is 0 Å². The third-order valence-electron chi connectivity index (χ3n) is 2.28. The first kappa shape index (κ1) is 11.1. The Labute approximate surface area is 96.9 Å². The number of tetrazole rings is 1. The quantitative estimate of drug-likeness (QED) is 0.750. The fourth-order valence-electron chi connectivity index (χ4n) is 1.28. The van der Waals surface area contributed by atoms with Crippen LogP contribution < -0.4 is 5.73 Å². The summed E-state index contributed by atoms with van der Waals surface area (Å²) in [6, 6.07) is 6.15. The number of carboxylic acids is 1. The molecule has 1 aromatic carbocycles. The summed E-state index contributed by atoms with van der Waals surface area (Å²) >= 11 is 0. The summed E-state index contributed by atoms with van der Waals surface area (Å²) in [5.74, 6) is -0.660. The normalized spacial score (nSPS) is 12.3. The SMILES string of the molecule is CC(C(=O)O)n1nnc(-c2cccc(N)c2)n1. The molecule has 0 aliphatic carbocycles. The Morgan fingerprint density at radius 2 is 2.29 bits per heavy atom. The molecule has 3 N–H and O–H groups in total. The number of carboxylic acid groups (broad SMARTS) is 1. The summed E-state index contributed by atoms with van der Waals surface area (Å²) in [5.41, 5.74) is 6.92. The Morgan fingerprint density at radius 3 is 2.94 bits per heavy atom. The molecule has 0 fully saturated rings. The Kier molecular flexibility index (Phi) is 2.73. The molecule has 7 nitrogen and oxygen atoms in total. The van der Waals surface area contributed by atoms with Crippen LogP contribution in [0, 0.1) is 0 Å². The van der Waals surface area contributed by atoms with E-state index >= 15 is 0 Å². The van der Waals surface area contributed by atoms with Gasteiger partial charge in [-0.05, 0) is 24.3 Å². The molecule has 17 heavy (non-hydrogen) atoms.